The quantitative estimate of drug-likeness (QED) is 0.891. The molecule has 120 valence electrons. The van der Waals surface area contributed by atoms with Crippen LogP contribution in [0.15, 0.2) is 12.1 Å². The number of hydrogen-bond donors (Lipinski definition) is 1. The van der Waals surface area contributed by atoms with Gasteiger partial charge < -0.3 is 14.8 Å². The lowest BCUT2D eigenvalue weighted by molar-refractivity contribution is -0.120. The maximum Gasteiger partial charge on any atom is 0.233 e. The van der Waals surface area contributed by atoms with Gasteiger partial charge in [-0.05, 0) is 37.5 Å². The molecule has 1 saturated carbocycles. The predicted molar refractivity (Wildman–Crippen MR) is 89.0 cm³/mol. The molecule has 0 unspecified atom stereocenters. The molecule has 1 fully saturated rings. The van der Waals surface area contributed by atoms with E-state index < -0.39 is 0 Å². The van der Waals surface area contributed by atoms with E-state index in [1.807, 2.05) is 19.1 Å². The molecule has 4 nitrogen and oxygen atoms in total. The van der Waals surface area contributed by atoms with Gasteiger partial charge in [-0.1, -0.05) is 11.6 Å². The number of carbonyl (C=O) groups excluding carboxylic acids is 1. The van der Waals surface area contributed by atoms with Gasteiger partial charge in [0, 0.05) is 18.2 Å². The second-order valence-corrected chi connectivity index (χ2v) is 7.43. The molecule has 2 aliphatic rings. The summed E-state index contributed by atoms with van der Waals surface area (Å²) in [6.45, 7) is 3.20. The summed E-state index contributed by atoms with van der Waals surface area (Å²) in [6, 6.07) is 4.27. The standard InChI is InChI=1S/C16H20ClNO3S/c1-10(16(19)18-12-3-4-12)22-9-11-7-13(17)15-14(8-11)20-5-2-6-21-15/h7-8,10,12H,2-6,9H2,1H3,(H,18,19)/t10-/m1/s1. The molecular weight excluding hydrogens is 322 g/mol. The first-order chi connectivity index (χ1) is 10.6. The topological polar surface area (TPSA) is 47.6 Å². The van der Waals surface area contributed by atoms with Crippen molar-refractivity contribution in [3.05, 3.63) is 22.7 Å². The lowest BCUT2D eigenvalue weighted by atomic mass is 10.2. The third-order valence-corrected chi connectivity index (χ3v) is 5.15. The number of halogens is 1. The largest absolute Gasteiger partial charge is 0.489 e. The summed E-state index contributed by atoms with van der Waals surface area (Å²) in [6.07, 6.45) is 3.08. The van der Waals surface area contributed by atoms with Crippen LogP contribution >= 0.6 is 23.4 Å². The Bertz CT molecular complexity index is 563. The zero-order chi connectivity index (χ0) is 15.5. The monoisotopic (exact) mass is 341 g/mol. The minimum Gasteiger partial charge on any atom is -0.489 e. The van der Waals surface area contributed by atoms with E-state index in [-0.39, 0.29) is 11.2 Å². The Labute approximate surface area is 139 Å². The second kappa shape index (κ2) is 7.01. The Kier molecular flexibility index (Phi) is 5.03. The fourth-order valence-electron chi connectivity index (χ4n) is 2.21. The summed E-state index contributed by atoms with van der Waals surface area (Å²) in [5.74, 6) is 2.17. The fourth-order valence-corrected chi connectivity index (χ4v) is 3.33. The van der Waals surface area contributed by atoms with Crippen molar-refractivity contribution in [1.82, 2.24) is 5.32 Å². The van der Waals surface area contributed by atoms with Crippen LogP contribution in [0.25, 0.3) is 0 Å². The van der Waals surface area contributed by atoms with Gasteiger partial charge in [-0.2, -0.15) is 0 Å². The molecule has 6 heteroatoms. The van der Waals surface area contributed by atoms with Crippen molar-refractivity contribution in [1.29, 1.82) is 0 Å². The summed E-state index contributed by atoms with van der Waals surface area (Å²) in [4.78, 5) is 12.0. The highest BCUT2D eigenvalue weighted by molar-refractivity contribution is 7.99. The van der Waals surface area contributed by atoms with E-state index >= 15 is 0 Å². The summed E-state index contributed by atoms with van der Waals surface area (Å²) in [5.41, 5.74) is 1.05. The van der Waals surface area contributed by atoms with Crippen LogP contribution in [-0.2, 0) is 10.5 Å². The first-order valence-electron chi connectivity index (χ1n) is 7.63. The van der Waals surface area contributed by atoms with Crippen LogP contribution in [0.3, 0.4) is 0 Å². The van der Waals surface area contributed by atoms with Crippen molar-refractivity contribution < 1.29 is 14.3 Å². The van der Waals surface area contributed by atoms with Crippen LogP contribution < -0.4 is 14.8 Å². The summed E-state index contributed by atoms with van der Waals surface area (Å²) >= 11 is 7.89. The van der Waals surface area contributed by atoms with Crippen LogP contribution in [-0.4, -0.2) is 30.4 Å². The number of amides is 1. The molecule has 1 aliphatic carbocycles. The maximum atomic E-state index is 12.0. The van der Waals surface area contributed by atoms with Crippen LogP contribution in [0, 0.1) is 0 Å². The third kappa shape index (κ3) is 4.02. The molecule has 22 heavy (non-hydrogen) atoms. The van der Waals surface area contributed by atoms with Crippen LogP contribution in [0.1, 0.15) is 31.7 Å². The van der Waals surface area contributed by atoms with Crippen molar-refractivity contribution in [3.63, 3.8) is 0 Å². The Morgan fingerprint density at radius 2 is 2.18 bits per heavy atom. The summed E-state index contributed by atoms with van der Waals surface area (Å²) in [5, 5.41) is 3.53. The van der Waals surface area contributed by atoms with E-state index in [9.17, 15) is 4.79 Å². The van der Waals surface area contributed by atoms with Crippen molar-refractivity contribution in [3.8, 4) is 11.5 Å². The predicted octanol–water partition coefficient (Wildman–Crippen LogP) is 3.40. The van der Waals surface area contributed by atoms with Crippen molar-refractivity contribution in [2.45, 2.75) is 43.2 Å². The average molecular weight is 342 g/mol. The third-order valence-electron chi connectivity index (χ3n) is 3.65. The zero-order valence-electron chi connectivity index (χ0n) is 12.6. The molecule has 0 bridgehead atoms. The highest BCUT2D eigenvalue weighted by Crippen LogP contribution is 2.39. The minimum absolute atomic E-state index is 0.0737. The number of carbonyl (C=O) groups is 1. The van der Waals surface area contributed by atoms with Crippen molar-refractivity contribution >= 4 is 29.3 Å². The number of fused-ring (bicyclic) bond motifs is 1. The van der Waals surface area contributed by atoms with Gasteiger partial charge in [0.1, 0.15) is 0 Å². The van der Waals surface area contributed by atoms with E-state index in [2.05, 4.69) is 5.32 Å². The van der Waals surface area contributed by atoms with Gasteiger partial charge in [-0.3, -0.25) is 4.79 Å². The Hall–Kier alpha value is -1.07. The van der Waals surface area contributed by atoms with Crippen LogP contribution in [0.2, 0.25) is 5.02 Å². The summed E-state index contributed by atoms with van der Waals surface area (Å²) < 4.78 is 11.3. The van der Waals surface area contributed by atoms with Crippen molar-refractivity contribution in [2.75, 3.05) is 13.2 Å². The number of benzene rings is 1. The SMILES string of the molecule is C[C@@H](SCc1cc(Cl)c2c(c1)OCCCO2)C(=O)NC1CC1. The average Bonchev–Trinajstić information content (AvgIpc) is 3.31. The van der Waals surface area contributed by atoms with Gasteiger partial charge >= 0.3 is 0 Å². The molecule has 1 heterocycles. The molecule has 1 N–H and O–H groups in total. The molecule has 0 spiro atoms. The zero-order valence-corrected chi connectivity index (χ0v) is 14.1. The molecule has 1 amide bonds. The molecule has 0 radical (unpaired) electrons. The Morgan fingerprint density at radius 3 is 2.95 bits per heavy atom. The normalized spacial score (nSPS) is 18.5. The minimum atomic E-state index is -0.0737. The van der Waals surface area contributed by atoms with E-state index in [1.165, 1.54) is 0 Å². The van der Waals surface area contributed by atoms with Gasteiger partial charge in [0.2, 0.25) is 5.91 Å². The lowest BCUT2D eigenvalue weighted by Crippen LogP contribution is -2.32. The lowest BCUT2D eigenvalue weighted by Gasteiger charge is -2.14. The molecule has 1 aromatic rings. The number of hydrogen-bond acceptors (Lipinski definition) is 4. The highest BCUT2D eigenvalue weighted by Gasteiger charge is 2.25. The van der Waals surface area contributed by atoms with Gasteiger partial charge in [-0.25, -0.2) is 0 Å². The number of nitrogens with one attached hydrogen (secondary N) is 1. The highest BCUT2D eigenvalue weighted by atomic mass is 35.5. The number of ether oxygens (including phenoxy) is 2. The van der Waals surface area contributed by atoms with Crippen LogP contribution in [0.5, 0.6) is 11.5 Å². The molecule has 1 aromatic carbocycles. The maximum absolute atomic E-state index is 12.0. The first kappa shape index (κ1) is 15.8. The number of rotatable bonds is 5. The Morgan fingerprint density at radius 1 is 1.41 bits per heavy atom. The van der Waals surface area contributed by atoms with Gasteiger partial charge in [0.15, 0.2) is 11.5 Å². The summed E-state index contributed by atoms with van der Waals surface area (Å²) in [7, 11) is 0. The second-order valence-electron chi connectivity index (χ2n) is 5.69. The van der Waals surface area contributed by atoms with E-state index in [1.54, 1.807) is 11.8 Å². The van der Waals surface area contributed by atoms with Crippen molar-refractivity contribution in [2.24, 2.45) is 0 Å². The van der Waals surface area contributed by atoms with E-state index in [4.69, 9.17) is 21.1 Å². The van der Waals surface area contributed by atoms with E-state index in [0.29, 0.717) is 35.8 Å². The molecular formula is C16H20ClNO3S. The fraction of sp³-hybridized carbons (Fsp3) is 0.562. The molecule has 1 atom stereocenters. The molecule has 1 aliphatic heterocycles. The van der Waals surface area contributed by atoms with Crippen LogP contribution in [0.4, 0.5) is 0 Å². The van der Waals surface area contributed by atoms with Gasteiger partial charge in [-0.15, -0.1) is 11.8 Å². The smallest absolute Gasteiger partial charge is 0.233 e. The molecule has 0 aromatic heterocycles. The van der Waals surface area contributed by atoms with Gasteiger partial charge in [0.25, 0.3) is 0 Å². The molecule has 3 rings (SSSR count). The number of thioether (sulfide) groups is 1. The Balaban J connectivity index is 1.61. The first-order valence-corrected chi connectivity index (χ1v) is 9.06. The molecule has 0 saturated heterocycles. The van der Waals surface area contributed by atoms with Gasteiger partial charge in [0.05, 0.1) is 23.5 Å². The van der Waals surface area contributed by atoms with E-state index in [0.717, 1.165) is 30.6 Å².